The summed E-state index contributed by atoms with van der Waals surface area (Å²) in [7, 11) is 0. The van der Waals surface area contributed by atoms with Gasteiger partial charge in [0.2, 0.25) is 0 Å². The van der Waals surface area contributed by atoms with E-state index in [2.05, 4.69) is 17.3 Å². The molecule has 1 heterocycles. The predicted octanol–water partition coefficient (Wildman–Crippen LogP) is 2.17. The van der Waals surface area contributed by atoms with Gasteiger partial charge in [-0.05, 0) is 12.2 Å². The number of nitrogens with zero attached hydrogens (tertiary/aromatic N) is 2. The highest BCUT2D eigenvalue weighted by atomic mass is 32.2. The van der Waals surface area contributed by atoms with Gasteiger partial charge in [0.25, 0.3) is 5.69 Å². The molecule has 0 radical (unpaired) electrons. The van der Waals surface area contributed by atoms with Crippen LogP contribution in [-0.2, 0) is 0 Å². The summed E-state index contributed by atoms with van der Waals surface area (Å²) in [5.41, 5.74) is 2.33. The highest BCUT2D eigenvalue weighted by Gasteiger charge is 2.10. The van der Waals surface area contributed by atoms with Crippen LogP contribution in [0.3, 0.4) is 0 Å². The molecule has 0 aliphatic carbocycles. The lowest BCUT2D eigenvalue weighted by molar-refractivity contribution is -0.385. The van der Waals surface area contributed by atoms with Crippen LogP contribution in [0, 0.1) is 10.1 Å². The van der Waals surface area contributed by atoms with E-state index in [1.54, 1.807) is 0 Å². The van der Waals surface area contributed by atoms with E-state index in [9.17, 15) is 10.1 Å². The van der Waals surface area contributed by atoms with Crippen molar-refractivity contribution in [2.24, 2.45) is 5.84 Å². The van der Waals surface area contributed by atoms with Gasteiger partial charge in [0.05, 0.1) is 11.0 Å². The van der Waals surface area contributed by atoms with Crippen molar-refractivity contribution in [1.82, 2.24) is 4.98 Å². The number of nitrogens with one attached hydrogen (secondary N) is 1. The standard InChI is InChI=1S/C9H14N4O2S/c1-2-3-4-16-9-6-7(13(14)15)5-8(11-9)12-10/h5-6H,2-4,10H2,1H3,(H,11,12). The minimum absolute atomic E-state index is 0.00180. The number of aromatic nitrogens is 1. The van der Waals surface area contributed by atoms with E-state index in [1.165, 1.54) is 23.9 Å². The van der Waals surface area contributed by atoms with Gasteiger partial charge >= 0.3 is 0 Å². The maximum absolute atomic E-state index is 10.7. The minimum Gasteiger partial charge on any atom is -0.308 e. The summed E-state index contributed by atoms with van der Waals surface area (Å²) in [5.74, 6) is 6.41. The number of hydrazine groups is 1. The van der Waals surface area contributed by atoms with Gasteiger partial charge in [0.1, 0.15) is 10.8 Å². The Hall–Kier alpha value is -1.34. The molecule has 0 aliphatic rings. The highest BCUT2D eigenvalue weighted by molar-refractivity contribution is 7.99. The Morgan fingerprint density at radius 1 is 1.62 bits per heavy atom. The van der Waals surface area contributed by atoms with E-state index >= 15 is 0 Å². The molecule has 0 amide bonds. The summed E-state index contributed by atoms with van der Waals surface area (Å²) in [6, 6.07) is 2.77. The first-order valence-electron chi connectivity index (χ1n) is 4.93. The third kappa shape index (κ3) is 3.67. The van der Waals surface area contributed by atoms with Crippen LogP contribution in [-0.4, -0.2) is 15.7 Å². The smallest absolute Gasteiger partial charge is 0.275 e. The number of thioether (sulfide) groups is 1. The first-order valence-corrected chi connectivity index (χ1v) is 5.91. The molecule has 0 aliphatic heterocycles. The van der Waals surface area contributed by atoms with E-state index in [4.69, 9.17) is 5.84 Å². The Labute approximate surface area is 97.7 Å². The lowest BCUT2D eigenvalue weighted by Gasteiger charge is -2.03. The van der Waals surface area contributed by atoms with E-state index in [0.29, 0.717) is 10.8 Å². The van der Waals surface area contributed by atoms with Crippen LogP contribution in [0.15, 0.2) is 17.2 Å². The molecule has 88 valence electrons. The number of anilines is 1. The largest absolute Gasteiger partial charge is 0.308 e. The zero-order valence-electron chi connectivity index (χ0n) is 8.97. The lowest BCUT2D eigenvalue weighted by atomic mass is 10.4. The Bertz CT molecular complexity index is 373. The second kappa shape index (κ2) is 6.29. The topological polar surface area (TPSA) is 94.1 Å². The number of nitro groups is 1. The van der Waals surface area contributed by atoms with Gasteiger partial charge in [-0.3, -0.25) is 10.1 Å². The van der Waals surface area contributed by atoms with Crippen molar-refractivity contribution in [2.75, 3.05) is 11.2 Å². The van der Waals surface area contributed by atoms with Crippen LogP contribution in [0.5, 0.6) is 0 Å². The Morgan fingerprint density at radius 3 is 2.94 bits per heavy atom. The molecule has 6 nitrogen and oxygen atoms in total. The van der Waals surface area contributed by atoms with Crippen molar-refractivity contribution in [1.29, 1.82) is 0 Å². The van der Waals surface area contributed by atoms with Crippen molar-refractivity contribution in [2.45, 2.75) is 24.8 Å². The first kappa shape index (κ1) is 12.7. The number of hydrogen-bond acceptors (Lipinski definition) is 6. The monoisotopic (exact) mass is 242 g/mol. The summed E-state index contributed by atoms with van der Waals surface area (Å²) in [4.78, 5) is 14.3. The van der Waals surface area contributed by atoms with Crippen molar-refractivity contribution in [3.63, 3.8) is 0 Å². The maximum Gasteiger partial charge on any atom is 0.275 e. The summed E-state index contributed by atoms with van der Waals surface area (Å²) >= 11 is 1.49. The Kier molecular flexibility index (Phi) is 5.00. The van der Waals surface area contributed by atoms with E-state index < -0.39 is 4.92 Å². The van der Waals surface area contributed by atoms with E-state index in [0.717, 1.165) is 18.6 Å². The zero-order chi connectivity index (χ0) is 12.0. The molecule has 0 saturated carbocycles. The van der Waals surface area contributed by atoms with Crippen LogP contribution in [0.4, 0.5) is 11.5 Å². The molecule has 1 aromatic heterocycles. The SMILES string of the molecule is CCCCSc1cc([N+](=O)[O-])cc(NN)n1. The minimum atomic E-state index is -0.452. The van der Waals surface area contributed by atoms with Gasteiger partial charge in [-0.15, -0.1) is 11.8 Å². The van der Waals surface area contributed by atoms with Gasteiger partial charge in [0, 0.05) is 6.07 Å². The molecular weight excluding hydrogens is 228 g/mol. The van der Waals surface area contributed by atoms with Crippen LogP contribution in [0.2, 0.25) is 0 Å². The molecular formula is C9H14N4O2S. The van der Waals surface area contributed by atoms with Gasteiger partial charge in [-0.25, -0.2) is 10.8 Å². The van der Waals surface area contributed by atoms with Gasteiger partial charge in [-0.2, -0.15) is 0 Å². The normalized spacial score (nSPS) is 10.1. The van der Waals surface area contributed by atoms with Gasteiger partial charge in [-0.1, -0.05) is 13.3 Å². The summed E-state index contributed by atoms with van der Waals surface area (Å²) in [6.07, 6.45) is 2.14. The van der Waals surface area contributed by atoms with Crippen LogP contribution >= 0.6 is 11.8 Å². The summed E-state index contributed by atoms with van der Waals surface area (Å²) in [6.45, 7) is 2.09. The van der Waals surface area contributed by atoms with Crippen molar-refractivity contribution in [3.05, 3.63) is 22.2 Å². The molecule has 1 rings (SSSR count). The number of pyridine rings is 1. The molecule has 0 saturated heterocycles. The average Bonchev–Trinajstić information content (AvgIpc) is 2.29. The fraction of sp³-hybridized carbons (Fsp3) is 0.444. The molecule has 0 spiro atoms. The average molecular weight is 242 g/mol. The van der Waals surface area contributed by atoms with Crippen molar-refractivity contribution < 1.29 is 4.92 Å². The number of nitrogens with two attached hydrogens (primary N) is 1. The molecule has 16 heavy (non-hydrogen) atoms. The van der Waals surface area contributed by atoms with E-state index in [1.807, 2.05) is 0 Å². The molecule has 0 fully saturated rings. The zero-order valence-corrected chi connectivity index (χ0v) is 9.79. The number of unbranched alkanes of at least 4 members (excludes halogenated alkanes) is 1. The van der Waals surface area contributed by atoms with E-state index in [-0.39, 0.29) is 5.69 Å². The van der Waals surface area contributed by atoms with Crippen molar-refractivity contribution in [3.8, 4) is 0 Å². The molecule has 0 aromatic carbocycles. The van der Waals surface area contributed by atoms with Crippen LogP contribution in [0.1, 0.15) is 19.8 Å². The third-order valence-corrected chi connectivity index (χ3v) is 2.89. The number of rotatable bonds is 6. The molecule has 7 heteroatoms. The summed E-state index contributed by atoms with van der Waals surface area (Å²) in [5, 5.41) is 11.3. The van der Waals surface area contributed by atoms with Gasteiger partial charge < -0.3 is 5.43 Å². The predicted molar refractivity (Wildman–Crippen MR) is 64.3 cm³/mol. The number of hydrogen-bond donors (Lipinski definition) is 2. The van der Waals surface area contributed by atoms with Gasteiger partial charge in [0.15, 0.2) is 0 Å². The third-order valence-electron chi connectivity index (χ3n) is 1.89. The van der Waals surface area contributed by atoms with Crippen LogP contribution < -0.4 is 11.3 Å². The molecule has 1 aromatic rings. The number of nitrogen functional groups attached to an aromatic ring is 1. The molecule has 0 atom stereocenters. The van der Waals surface area contributed by atoms with Crippen molar-refractivity contribution >= 4 is 23.3 Å². The molecule has 0 bridgehead atoms. The molecule has 3 N–H and O–H groups in total. The molecule has 0 unspecified atom stereocenters. The fourth-order valence-corrected chi connectivity index (χ4v) is 2.08. The quantitative estimate of drug-likeness (QED) is 0.261. The highest BCUT2D eigenvalue weighted by Crippen LogP contribution is 2.24. The first-order chi connectivity index (χ1) is 7.67. The second-order valence-corrected chi connectivity index (χ2v) is 4.27. The Balaban J connectivity index is 2.82. The Morgan fingerprint density at radius 2 is 2.38 bits per heavy atom. The lowest BCUT2D eigenvalue weighted by Crippen LogP contribution is -2.09. The maximum atomic E-state index is 10.7. The fourth-order valence-electron chi connectivity index (χ4n) is 1.07. The summed E-state index contributed by atoms with van der Waals surface area (Å²) < 4.78 is 0. The second-order valence-electron chi connectivity index (χ2n) is 3.15. The van der Waals surface area contributed by atoms with Crippen LogP contribution in [0.25, 0.3) is 0 Å².